The number of thiophene rings is 1. The standard InChI is InChI=1S/C41H31N2PS/c1-4-11-27(12-5-1)40-34-21-19-29(42-34)25-36-32-17-10-18-33(32)37(44(36)31-15-8-3-9-16-31)26-30-20-22-35(43-30)41(28-13-6-2-7-14-28)39-24-23-38(40)45-39/h1-9,11-16,19-26,42-43H,10,17-18H2/b29-25-,30-26-,36-25?,37-26?,40-34-,40-38?,41-35-,41-39?. The molecule has 0 amide bonds. The van der Waals surface area contributed by atoms with Crippen molar-refractivity contribution in [1.82, 2.24) is 9.97 Å². The Labute approximate surface area is 267 Å². The SMILES string of the molecule is C1=c2/cc/c([nH]2)=C(\c2ccccc2)c2ccc(s2)/C(c2ccccc2)=c2/cc/c([nH]2)=C/c2c3c(c/1p2-c1ccccc1)CCC3. The lowest BCUT2D eigenvalue weighted by molar-refractivity contribution is 0.910. The van der Waals surface area contributed by atoms with Crippen LogP contribution in [0, 0.1) is 0 Å². The van der Waals surface area contributed by atoms with Gasteiger partial charge in [-0.15, -0.1) is 11.3 Å². The second-order valence-corrected chi connectivity index (χ2v) is 15.1. The zero-order chi connectivity index (χ0) is 29.7. The van der Waals surface area contributed by atoms with Crippen molar-refractivity contribution in [2.45, 2.75) is 19.3 Å². The van der Waals surface area contributed by atoms with E-state index in [1.165, 1.54) is 65.0 Å². The topological polar surface area (TPSA) is 31.6 Å². The number of benzene rings is 3. The van der Waals surface area contributed by atoms with Crippen molar-refractivity contribution in [3.63, 3.8) is 0 Å². The lowest BCUT2D eigenvalue weighted by Crippen LogP contribution is -2.14. The normalized spacial score (nSPS) is 18.1. The van der Waals surface area contributed by atoms with E-state index in [2.05, 4.69) is 150 Å². The smallest absolute Gasteiger partial charge is 0.0479 e. The molecule has 4 aromatic heterocycles. The van der Waals surface area contributed by atoms with E-state index in [0.717, 1.165) is 23.5 Å². The van der Waals surface area contributed by atoms with Crippen LogP contribution >= 0.6 is 18.9 Å². The minimum absolute atomic E-state index is 0.675. The van der Waals surface area contributed by atoms with Gasteiger partial charge in [0.25, 0.3) is 0 Å². The molecule has 1 aliphatic heterocycles. The number of aromatic amines is 2. The van der Waals surface area contributed by atoms with Crippen molar-refractivity contribution in [3.05, 3.63) is 191 Å². The van der Waals surface area contributed by atoms with Gasteiger partial charge in [-0.1, -0.05) is 98.5 Å². The number of rotatable bonds is 3. The molecule has 8 bridgehead atoms. The number of nitrogens with one attached hydrogen (secondary N) is 2. The number of hydrogen-bond donors (Lipinski definition) is 2. The molecule has 0 atom stereocenters. The molecule has 2 N–H and O–H groups in total. The highest BCUT2D eigenvalue weighted by Gasteiger charge is 2.25. The number of fused-ring (bicyclic) bond motifs is 11. The quantitative estimate of drug-likeness (QED) is 0.209. The maximum absolute atomic E-state index is 3.87. The second-order valence-electron chi connectivity index (χ2n) is 11.8. The molecular formula is C41H31N2PS. The summed E-state index contributed by atoms with van der Waals surface area (Å²) < 4.78 is 0. The minimum atomic E-state index is -0.675. The summed E-state index contributed by atoms with van der Waals surface area (Å²) in [6, 6.07) is 46.5. The Morgan fingerprint density at radius 3 is 1.44 bits per heavy atom. The maximum atomic E-state index is 3.87. The van der Waals surface area contributed by atoms with Gasteiger partial charge in [-0.2, -0.15) is 0 Å². The second kappa shape index (κ2) is 11.0. The molecule has 45 heavy (non-hydrogen) atoms. The molecule has 4 heteroatoms. The lowest BCUT2D eigenvalue weighted by Gasteiger charge is -2.08. The van der Waals surface area contributed by atoms with Crippen molar-refractivity contribution in [2.75, 3.05) is 0 Å². The first-order chi connectivity index (χ1) is 22.3. The van der Waals surface area contributed by atoms with E-state index in [4.69, 9.17) is 0 Å². The van der Waals surface area contributed by atoms with Gasteiger partial charge in [0.2, 0.25) is 0 Å². The predicted molar refractivity (Wildman–Crippen MR) is 190 cm³/mol. The summed E-state index contributed by atoms with van der Waals surface area (Å²) in [5.74, 6) is 0. The predicted octanol–water partition coefficient (Wildman–Crippen LogP) is 7.33. The molecule has 0 radical (unpaired) electrons. The number of H-pyrrole nitrogens is 2. The van der Waals surface area contributed by atoms with Gasteiger partial charge in [0.1, 0.15) is 0 Å². The average Bonchev–Trinajstić information content (AvgIpc) is 3.92. The number of hydrogen-bond acceptors (Lipinski definition) is 1. The third-order valence-corrected chi connectivity index (χ3v) is 12.8. The Bertz CT molecular complexity index is 2290. The van der Waals surface area contributed by atoms with E-state index in [9.17, 15) is 0 Å². The van der Waals surface area contributed by atoms with Gasteiger partial charge in [0.05, 0.1) is 0 Å². The van der Waals surface area contributed by atoms with Crippen LogP contribution in [0.25, 0.3) is 28.6 Å². The highest BCUT2D eigenvalue weighted by molar-refractivity contribution is 7.59. The molecule has 3 aromatic carbocycles. The van der Waals surface area contributed by atoms with Crippen molar-refractivity contribution >= 4 is 42.2 Å². The summed E-state index contributed by atoms with van der Waals surface area (Å²) >= 11 is 1.86. The van der Waals surface area contributed by atoms with Crippen LogP contribution in [0.4, 0.5) is 0 Å². The van der Waals surface area contributed by atoms with Crippen molar-refractivity contribution in [1.29, 1.82) is 0 Å². The van der Waals surface area contributed by atoms with E-state index < -0.39 is 7.53 Å². The van der Waals surface area contributed by atoms with Gasteiger partial charge in [0, 0.05) is 52.9 Å². The molecule has 0 fully saturated rings. The molecule has 2 aliphatic rings. The van der Waals surface area contributed by atoms with Crippen LogP contribution in [-0.4, -0.2) is 9.97 Å². The highest BCUT2D eigenvalue weighted by Crippen LogP contribution is 2.55. The molecule has 216 valence electrons. The first kappa shape index (κ1) is 26.6. The molecule has 5 heterocycles. The zero-order valence-corrected chi connectivity index (χ0v) is 26.5. The summed E-state index contributed by atoms with van der Waals surface area (Å²) in [4.78, 5) is 10.2. The molecule has 2 nitrogen and oxygen atoms in total. The Morgan fingerprint density at radius 2 is 0.956 bits per heavy atom. The van der Waals surface area contributed by atoms with Gasteiger partial charge in [0.15, 0.2) is 0 Å². The van der Waals surface area contributed by atoms with Gasteiger partial charge in [-0.3, -0.25) is 0 Å². The van der Waals surface area contributed by atoms with Crippen molar-refractivity contribution in [3.8, 4) is 5.30 Å². The molecule has 0 unspecified atom stereocenters. The lowest BCUT2D eigenvalue weighted by atomic mass is 10.0. The fourth-order valence-electron chi connectivity index (χ4n) is 7.12. The summed E-state index contributed by atoms with van der Waals surface area (Å²) in [6.45, 7) is 0. The van der Waals surface area contributed by atoms with Crippen LogP contribution in [0.5, 0.6) is 0 Å². The van der Waals surface area contributed by atoms with Gasteiger partial charge >= 0.3 is 0 Å². The monoisotopic (exact) mass is 614 g/mol. The highest BCUT2D eigenvalue weighted by atomic mass is 32.1. The third kappa shape index (κ3) is 4.63. The summed E-state index contributed by atoms with van der Waals surface area (Å²) in [5.41, 5.74) is 8.04. The Hall–Kier alpha value is -4.82. The molecular weight excluding hydrogens is 584 g/mol. The molecule has 9 rings (SSSR count). The van der Waals surface area contributed by atoms with Crippen LogP contribution in [0.1, 0.15) is 49.0 Å². The molecule has 0 spiro atoms. The summed E-state index contributed by atoms with van der Waals surface area (Å²) in [5, 5.41) is 9.04. The van der Waals surface area contributed by atoms with E-state index in [1.54, 1.807) is 11.1 Å². The van der Waals surface area contributed by atoms with E-state index >= 15 is 0 Å². The van der Waals surface area contributed by atoms with Crippen molar-refractivity contribution < 1.29 is 0 Å². The van der Waals surface area contributed by atoms with Gasteiger partial charge < -0.3 is 9.97 Å². The van der Waals surface area contributed by atoms with Crippen LogP contribution in [0.15, 0.2) is 127 Å². The third-order valence-electron chi connectivity index (χ3n) is 9.10. The van der Waals surface area contributed by atoms with Gasteiger partial charge in [-0.25, -0.2) is 0 Å². The minimum Gasteiger partial charge on any atom is -0.355 e. The Kier molecular flexibility index (Phi) is 6.47. The average molecular weight is 615 g/mol. The van der Waals surface area contributed by atoms with E-state index in [1.807, 2.05) is 11.3 Å². The first-order valence-corrected chi connectivity index (χ1v) is 17.8. The van der Waals surface area contributed by atoms with Crippen LogP contribution in [-0.2, 0) is 12.8 Å². The fraction of sp³-hybridized carbons (Fsp3) is 0.0732. The van der Waals surface area contributed by atoms with Gasteiger partial charge in [-0.05, 0) is 95.4 Å². The maximum Gasteiger partial charge on any atom is 0.0479 e. The summed E-state index contributed by atoms with van der Waals surface area (Å²) in [6.07, 6.45) is 8.44. The summed E-state index contributed by atoms with van der Waals surface area (Å²) in [7, 11) is -0.675. The van der Waals surface area contributed by atoms with Crippen LogP contribution in [0.3, 0.4) is 0 Å². The molecule has 7 aromatic rings. The van der Waals surface area contributed by atoms with Crippen LogP contribution in [0.2, 0.25) is 0 Å². The molecule has 0 saturated heterocycles. The van der Waals surface area contributed by atoms with Crippen LogP contribution < -0.4 is 21.4 Å². The largest absolute Gasteiger partial charge is 0.355 e. The first-order valence-electron chi connectivity index (χ1n) is 15.7. The molecule has 0 saturated carbocycles. The van der Waals surface area contributed by atoms with Crippen molar-refractivity contribution in [2.24, 2.45) is 0 Å². The Morgan fingerprint density at radius 1 is 0.489 bits per heavy atom. The Balaban J connectivity index is 1.44. The number of aromatic nitrogens is 2. The zero-order valence-electron chi connectivity index (χ0n) is 24.8. The molecule has 1 aliphatic carbocycles. The van der Waals surface area contributed by atoms with E-state index in [-0.39, 0.29) is 0 Å². The van der Waals surface area contributed by atoms with E-state index in [0.29, 0.717) is 0 Å². The fourth-order valence-corrected chi connectivity index (χ4v) is 11.1.